The van der Waals surface area contributed by atoms with Gasteiger partial charge in [-0.25, -0.2) is 8.42 Å². The predicted octanol–water partition coefficient (Wildman–Crippen LogP) is 0.356. The van der Waals surface area contributed by atoms with Gasteiger partial charge in [-0.15, -0.1) is 0 Å². The van der Waals surface area contributed by atoms with Gasteiger partial charge in [0, 0.05) is 12.3 Å². The first-order valence-electron chi connectivity index (χ1n) is 5.79. The maximum absolute atomic E-state index is 11.3. The van der Waals surface area contributed by atoms with E-state index in [1.54, 1.807) is 30.3 Å². The first kappa shape index (κ1) is 18.4. The number of nitro benzene ring substituents is 1. The van der Waals surface area contributed by atoms with E-state index in [1.807, 2.05) is 0 Å². The van der Waals surface area contributed by atoms with Crippen molar-refractivity contribution in [2.75, 3.05) is 6.26 Å². The molecular weight excluding hydrogens is 319 g/mol. The van der Waals surface area contributed by atoms with Crippen molar-refractivity contribution in [2.24, 2.45) is 0 Å². The van der Waals surface area contributed by atoms with Gasteiger partial charge in [-0.05, 0) is 12.1 Å². The zero-order valence-electron chi connectivity index (χ0n) is 12.0. The van der Waals surface area contributed by atoms with E-state index in [0.717, 1.165) is 12.3 Å². The Bertz CT molecular complexity index is 765. The van der Waals surface area contributed by atoms with Gasteiger partial charge in [-0.1, -0.05) is 30.0 Å². The van der Waals surface area contributed by atoms with Crippen LogP contribution in [0.25, 0.3) is 4.72 Å². The van der Waals surface area contributed by atoms with E-state index in [9.17, 15) is 18.5 Å². The number of non-ortho nitro benzene ring substituents is 1. The summed E-state index contributed by atoms with van der Waals surface area (Å²) in [5, 5.41) is 10.8. The predicted molar refractivity (Wildman–Crippen MR) is 77.5 cm³/mol. The van der Waals surface area contributed by atoms with Gasteiger partial charge in [0.05, 0.1) is 21.0 Å². The SMILES string of the molecule is CS(=O)(=O)[N-]c1ccc([N+](=O)[O-])cc1Oc1ccccc1.[Na+]. The summed E-state index contributed by atoms with van der Waals surface area (Å²) in [5.74, 6) is 0.420. The number of hydrogen-bond donors (Lipinski definition) is 0. The van der Waals surface area contributed by atoms with E-state index >= 15 is 0 Å². The van der Waals surface area contributed by atoms with Gasteiger partial charge < -0.3 is 9.46 Å². The Hall–Kier alpha value is -1.61. The molecule has 2 aromatic carbocycles. The number of rotatable bonds is 5. The molecule has 7 nitrogen and oxygen atoms in total. The Kier molecular flexibility index (Phi) is 6.36. The van der Waals surface area contributed by atoms with Crippen LogP contribution in [-0.2, 0) is 10.0 Å². The van der Waals surface area contributed by atoms with Crippen molar-refractivity contribution in [3.63, 3.8) is 0 Å². The van der Waals surface area contributed by atoms with Gasteiger partial charge in [0.25, 0.3) is 5.69 Å². The van der Waals surface area contributed by atoms with Crippen LogP contribution in [0.3, 0.4) is 0 Å². The van der Waals surface area contributed by atoms with Crippen LogP contribution < -0.4 is 34.3 Å². The fourth-order valence-electron chi connectivity index (χ4n) is 1.57. The van der Waals surface area contributed by atoms with E-state index in [0.29, 0.717) is 5.75 Å². The molecule has 0 saturated carbocycles. The minimum absolute atomic E-state index is 0. The van der Waals surface area contributed by atoms with Gasteiger partial charge in [-0.2, -0.15) is 0 Å². The number of nitrogens with zero attached hydrogens (tertiary/aromatic N) is 2. The standard InChI is InChI=1S/C13H11N2O5S.Na/c1-21(18,19)14-12-8-7-10(15(16)17)9-13(12)20-11-5-3-2-4-6-11;/h2-9H,1H3;/q-1;+1. The molecule has 0 spiro atoms. The summed E-state index contributed by atoms with van der Waals surface area (Å²) in [6, 6.07) is 12.0. The molecule has 2 aromatic rings. The molecule has 9 heteroatoms. The van der Waals surface area contributed by atoms with E-state index in [2.05, 4.69) is 4.72 Å². The third-order valence-corrected chi connectivity index (χ3v) is 2.92. The molecule has 0 aromatic heterocycles. The summed E-state index contributed by atoms with van der Waals surface area (Å²) in [7, 11) is -3.65. The Labute approximate surface area is 149 Å². The quantitative estimate of drug-likeness (QED) is 0.447. The molecule has 0 aliphatic heterocycles. The third kappa shape index (κ3) is 5.30. The van der Waals surface area contributed by atoms with Gasteiger partial charge in [0.1, 0.15) is 11.5 Å². The van der Waals surface area contributed by atoms with Gasteiger partial charge in [0.2, 0.25) is 0 Å². The molecule has 0 saturated heterocycles. The number of ether oxygens (including phenoxy) is 1. The first-order valence-corrected chi connectivity index (χ1v) is 7.64. The van der Waals surface area contributed by atoms with Crippen LogP contribution >= 0.6 is 0 Å². The summed E-state index contributed by atoms with van der Waals surface area (Å²) >= 11 is 0. The van der Waals surface area contributed by atoms with Crippen LogP contribution in [0.5, 0.6) is 11.5 Å². The van der Waals surface area contributed by atoms with Crippen LogP contribution in [-0.4, -0.2) is 19.6 Å². The molecule has 0 N–H and O–H groups in total. The smallest absolute Gasteiger partial charge is 0.574 e. The van der Waals surface area contributed by atoms with Crippen LogP contribution in [0, 0.1) is 10.1 Å². The summed E-state index contributed by atoms with van der Waals surface area (Å²) < 4.78 is 31.5. The zero-order valence-corrected chi connectivity index (χ0v) is 14.8. The van der Waals surface area contributed by atoms with E-state index in [-0.39, 0.29) is 46.7 Å². The van der Waals surface area contributed by atoms with Crippen molar-refractivity contribution in [3.8, 4) is 11.5 Å². The third-order valence-electron chi connectivity index (χ3n) is 2.39. The molecule has 22 heavy (non-hydrogen) atoms. The monoisotopic (exact) mass is 330 g/mol. The number of benzene rings is 2. The first-order chi connectivity index (χ1) is 9.85. The van der Waals surface area contributed by atoms with Gasteiger partial charge in [-0.3, -0.25) is 10.1 Å². The molecule has 0 atom stereocenters. The number of hydrogen-bond acceptors (Lipinski definition) is 5. The van der Waals surface area contributed by atoms with E-state index in [1.165, 1.54) is 12.1 Å². The van der Waals surface area contributed by atoms with E-state index < -0.39 is 14.9 Å². The minimum atomic E-state index is -3.65. The molecule has 0 heterocycles. The minimum Gasteiger partial charge on any atom is -0.574 e. The molecule has 0 aliphatic rings. The number of nitro groups is 1. The summed E-state index contributed by atoms with van der Waals surface area (Å²) in [5.41, 5.74) is -0.208. The van der Waals surface area contributed by atoms with Crippen molar-refractivity contribution in [1.29, 1.82) is 0 Å². The molecule has 2 rings (SSSR count). The average Bonchev–Trinajstić information content (AvgIpc) is 2.40. The molecule has 0 radical (unpaired) electrons. The largest absolute Gasteiger partial charge is 1.00 e. The zero-order chi connectivity index (χ0) is 15.5. The van der Waals surface area contributed by atoms with Crippen molar-refractivity contribution in [3.05, 3.63) is 63.4 Å². The topological polar surface area (TPSA) is 101 Å². The van der Waals surface area contributed by atoms with Crippen molar-refractivity contribution < 1.29 is 47.6 Å². The molecule has 0 amide bonds. The second kappa shape index (κ2) is 7.59. The molecule has 0 unspecified atom stereocenters. The molecule has 0 bridgehead atoms. The van der Waals surface area contributed by atoms with Crippen molar-refractivity contribution in [1.82, 2.24) is 0 Å². The fourth-order valence-corrected chi connectivity index (χ4v) is 2.08. The fraction of sp³-hybridized carbons (Fsp3) is 0.0769. The van der Waals surface area contributed by atoms with Gasteiger partial charge >= 0.3 is 29.6 Å². The maximum atomic E-state index is 11.3. The van der Waals surface area contributed by atoms with Crippen LogP contribution in [0.4, 0.5) is 11.4 Å². The summed E-state index contributed by atoms with van der Waals surface area (Å²) in [6.07, 6.45) is 0.931. The van der Waals surface area contributed by atoms with Crippen molar-refractivity contribution in [2.45, 2.75) is 0 Å². The Morgan fingerprint density at radius 1 is 1.14 bits per heavy atom. The van der Waals surface area contributed by atoms with Crippen molar-refractivity contribution >= 4 is 21.4 Å². The second-order valence-electron chi connectivity index (χ2n) is 4.15. The normalized spacial score (nSPS) is 10.4. The summed E-state index contributed by atoms with van der Waals surface area (Å²) in [4.78, 5) is 10.2. The molecule has 0 aliphatic carbocycles. The Morgan fingerprint density at radius 3 is 2.32 bits per heavy atom. The van der Waals surface area contributed by atoms with Crippen LogP contribution in [0.2, 0.25) is 0 Å². The molecule has 110 valence electrons. The summed E-state index contributed by atoms with van der Waals surface area (Å²) in [6.45, 7) is 0. The van der Waals surface area contributed by atoms with Gasteiger partial charge in [0.15, 0.2) is 0 Å². The second-order valence-corrected chi connectivity index (χ2v) is 5.80. The molecular formula is C13H11N2NaO5S. The maximum Gasteiger partial charge on any atom is 1.00 e. The number of sulfonamides is 1. The van der Waals surface area contributed by atoms with E-state index in [4.69, 9.17) is 4.74 Å². The van der Waals surface area contributed by atoms with Crippen LogP contribution in [0.15, 0.2) is 48.5 Å². The Balaban J connectivity index is 0.00000242. The Morgan fingerprint density at radius 2 is 1.77 bits per heavy atom. The number of para-hydroxylation sites is 1. The van der Waals surface area contributed by atoms with Crippen LogP contribution in [0.1, 0.15) is 0 Å². The molecule has 0 fully saturated rings. The average molecular weight is 330 g/mol.